The lowest BCUT2D eigenvalue weighted by atomic mass is 10.2. The molecule has 0 radical (unpaired) electrons. The maximum absolute atomic E-state index is 12.1. The van der Waals surface area contributed by atoms with E-state index in [4.69, 9.17) is 5.11 Å². The van der Waals surface area contributed by atoms with Gasteiger partial charge in [-0.3, -0.25) is 4.79 Å². The van der Waals surface area contributed by atoms with E-state index in [1.54, 1.807) is 0 Å². The Morgan fingerprint density at radius 1 is 1.56 bits per heavy atom. The number of aromatic carboxylic acids is 1. The largest absolute Gasteiger partial charge is 0.476 e. The Kier molecular flexibility index (Phi) is 3.59. The van der Waals surface area contributed by atoms with E-state index < -0.39 is 5.97 Å². The number of carbonyl (C=O) groups is 2. The monoisotopic (exact) mass is 252 g/mol. The summed E-state index contributed by atoms with van der Waals surface area (Å²) in [7, 11) is 0. The van der Waals surface area contributed by atoms with Crippen molar-refractivity contribution in [3.05, 3.63) is 11.9 Å². The van der Waals surface area contributed by atoms with Gasteiger partial charge in [-0.25, -0.2) is 9.48 Å². The second-order valence-electron chi connectivity index (χ2n) is 4.40. The van der Waals surface area contributed by atoms with E-state index in [2.05, 4.69) is 17.2 Å². The molecule has 1 atom stereocenters. The fourth-order valence-corrected chi connectivity index (χ4v) is 2.29. The molecule has 7 nitrogen and oxygen atoms in total. The van der Waals surface area contributed by atoms with Crippen LogP contribution in [0.3, 0.4) is 0 Å². The van der Waals surface area contributed by atoms with Gasteiger partial charge in [-0.15, -0.1) is 5.10 Å². The molecule has 1 N–H and O–H groups in total. The molecule has 0 bridgehead atoms. The number of hydrogen-bond donors (Lipinski definition) is 1. The summed E-state index contributed by atoms with van der Waals surface area (Å²) in [6, 6.07) is 0.306. The summed E-state index contributed by atoms with van der Waals surface area (Å²) in [6.07, 6.45) is 4.29. The van der Waals surface area contributed by atoms with Crippen LogP contribution in [0.1, 0.15) is 36.7 Å². The summed E-state index contributed by atoms with van der Waals surface area (Å²) in [5, 5.41) is 15.8. The van der Waals surface area contributed by atoms with Crippen LogP contribution in [0.4, 0.5) is 0 Å². The Morgan fingerprint density at radius 2 is 2.33 bits per heavy atom. The molecule has 1 aliphatic rings. The van der Waals surface area contributed by atoms with Crippen molar-refractivity contribution in [3.63, 3.8) is 0 Å². The van der Waals surface area contributed by atoms with Crippen LogP contribution < -0.4 is 0 Å². The second-order valence-corrected chi connectivity index (χ2v) is 4.40. The molecule has 7 heteroatoms. The topological polar surface area (TPSA) is 88.3 Å². The molecule has 1 amide bonds. The van der Waals surface area contributed by atoms with Gasteiger partial charge < -0.3 is 10.0 Å². The van der Waals surface area contributed by atoms with Crippen molar-refractivity contribution in [1.82, 2.24) is 19.9 Å². The molecule has 1 saturated heterocycles. The third kappa shape index (κ3) is 2.49. The van der Waals surface area contributed by atoms with Gasteiger partial charge in [0.2, 0.25) is 5.91 Å². The number of aromatic nitrogens is 3. The Bertz CT molecular complexity index is 457. The van der Waals surface area contributed by atoms with E-state index in [-0.39, 0.29) is 18.1 Å². The summed E-state index contributed by atoms with van der Waals surface area (Å²) in [5.41, 5.74) is -0.142. The molecule has 0 aliphatic carbocycles. The number of carbonyl (C=O) groups excluding carboxylic acids is 1. The molecule has 1 aliphatic heterocycles. The average molecular weight is 252 g/mol. The number of likely N-dealkylation sites (tertiary alicyclic amines) is 1. The molecule has 0 spiro atoms. The summed E-state index contributed by atoms with van der Waals surface area (Å²) >= 11 is 0. The van der Waals surface area contributed by atoms with Gasteiger partial charge in [-0.2, -0.15) is 0 Å². The molecule has 1 aromatic heterocycles. The standard InChI is InChI=1S/C11H16N4O3/c1-2-8-4-3-5-15(8)10(16)7-14-6-9(11(17)18)12-13-14/h6,8H,2-5,7H2,1H3,(H,17,18). The van der Waals surface area contributed by atoms with Gasteiger partial charge in [-0.1, -0.05) is 12.1 Å². The number of carboxylic acids is 1. The molecule has 18 heavy (non-hydrogen) atoms. The third-order valence-electron chi connectivity index (χ3n) is 3.22. The minimum Gasteiger partial charge on any atom is -0.476 e. The third-order valence-corrected chi connectivity index (χ3v) is 3.22. The summed E-state index contributed by atoms with van der Waals surface area (Å²) < 4.78 is 1.27. The first-order chi connectivity index (χ1) is 8.61. The number of hydrogen-bond acceptors (Lipinski definition) is 4. The quantitative estimate of drug-likeness (QED) is 0.836. The predicted molar refractivity (Wildman–Crippen MR) is 62.0 cm³/mol. The van der Waals surface area contributed by atoms with E-state index >= 15 is 0 Å². The van der Waals surface area contributed by atoms with Gasteiger partial charge in [0, 0.05) is 12.6 Å². The van der Waals surface area contributed by atoms with Gasteiger partial charge in [0.25, 0.3) is 0 Å². The highest BCUT2D eigenvalue weighted by Gasteiger charge is 2.27. The Balaban J connectivity index is 2.00. The van der Waals surface area contributed by atoms with Gasteiger partial charge in [0.1, 0.15) is 6.54 Å². The number of nitrogens with zero attached hydrogens (tertiary/aromatic N) is 4. The SMILES string of the molecule is CCC1CCCN1C(=O)Cn1cc(C(=O)O)nn1. The lowest BCUT2D eigenvalue weighted by molar-refractivity contribution is -0.132. The zero-order valence-corrected chi connectivity index (χ0v) is 10.2. The Hall–Kier alpha value is -1.92. The van der Waals surface area contributed by atoms with Crippen molar-refractivity contribution in [2.24, 2.45) is 0 Å². The fourth-order valence-electron chi connectivity index (χ4n) is 2.29. The zero-order chi connectivity index (χ0) is 13.1. The molecule has 1 fully saturated rings. The molecule has 0 aromatic carbocycles. The van der Waals surface area contributed by atoms with Crippen LogP contribution in [-0.4, -0.2) is 49.5 Å². The first-order valence-electron chi connectivity index (χ1n) is 6.04. The average Bonchev–Trinajstić information content (AvgIpc) is 2.96. The first-order valence-corrected chi connectivity index (χ1v) is 6.04. The molecule has 98 valence electrons. The smallest absolute Gasteiger partial charge is 0.358 e. The highest BCUT2D eigenvalue weighted by Crippen LogP contribution is 2.19. The van der Waals surface area contributed by atoms with Crippen molar-refractivity contribution in [3.8, 4) is 0 Å². The van der Waals surface area contributed by atoms with Crippen molar-refractivity contribution in [2.45, 2.75) is 38.8 Å². The van der Waals surface area contributed by atoms with E-state index in [9.17, 15) is 9.59 Å². The summed E-state index contributed by atoms with van der Waals surface area (Å²) in [6.45, 7) is 2.89. The van der Waals surface area contributed by atoms with Crippen LogP contribution in [-0.2, 0) is 11.3 Å². The molecule has 0 saturated carbocycles. The first kappa shape index (κ1) is 12.5. The van der Waals surface area contributed by atoms with E-state index in [0.29, 0.717) is 6.04 Å². The molecule has 2 heterocycles. The summed E-state index contributed by atoms with van der Waals surface area (Å²) in [4.78, 5) is 24.5. The van der Waals surface area contributed by atoms with E-state index in [0.717, 1.165) is 25.8 Å². The normalized spacial score (nSPS) is 19.2. The fraction of sp³-hybridized carbons (Fsp3) is 0.636. The van der Waals surface area contributed by atoms with Crippen LogP contribution in [0.25, 0.3) is 0 Å². The van der Waals surface area contributed by atoms with Crippen LogP contribution in [0, 0.1) is 0 Å². The second kappa shape index (κ2) is 5.16. The Labute approximate surface area is 104 Å². The predicted octanol–water partition coefficient (Wildman–Crippen LogP) is 0.377. The molecular formula is C11H16N4O3. The van der Waals surface area contributed by atoms with Crippen LogP contribution in [0.2, 0.25) is 0 Å². The van der Waals surface area contributed by atoms with Crippen molar-refractivity contribution < 1.29 is 14.7 Å². The summed E-state index contributed by atoms with van der Waals surface area (Å²) in [5.74, 6) is -1.16. The molecule has 1 aromatic rings. The van der Waals surface area contributed by atoms with Gasteiger partial charge in [0.05, 0.1) is 6.20 Å². The van der Waals surface area contributed by atoms with Gasteiger partial charge in [-0.05, 0) is 19.3 Å². The van der Waals surface area contributed by atoms with Crippen molar-refractivity contribution in [1.29, 1.82) is 0 Å². The lowest BCUT2D eigenvalue weighted by Gasteiger charge is -2.23. The van der Waals surface area contributed by atoms with Gasteiger partial charge >= 0.3 is 5.97 Å². The Morgan fingerprint density at radius 3 is 2.94 bits per heavy atom. The lowest BCUT2D eigenvalue weighted by Crippen LogP contribution is -2.37. The highest BCUT2D eigenvalue weighted by atomic mass is 16.4. The van der Waals surface area contributed by atoms with Crippen LogP contribution in [0.5, 0.6) is 0 Å². The van der Waals surface area contributed by atoms with Crippen molar-refractivity contribution >= 4 is 11.9 Å². The molecular weight excluding hydrogens is 236 g/mol. The maximum Gasteiger partial charge on any atom is 0.358 e. The zero-order valence-electron chi connectivity index (χ0n) is 10.2. The molecule has 1 unspecified atom stereocenters. The maximum atomic E-state index is 12.1. The van der Waals surface area contributed by atoms with Crippen LogP contribution in [0.15, 0.2) is 6.20 Å². The van der Waals surface area contributed by atoms with E-state index in [1.807, 2.05) is 4.90 Å². The number of rotatable bonds is 4. The minimum absolute atomic E-state index is 0.0267. The number of amides is 1. The highest BCUT2D eigenvalue weighted by molar-refractivity contribution is 5.84. The van der Waals surface area contributed by atoms with Crippen molar-refractivity contribution in [2.75, 3.05) is 6.54 Å². The molecule has 2 rings (SSSR count). The minimum atomic E-state index is -1.14. The van der Waals surface area contributed by atoms with Gasteiger partial charge in [0.15, 0.2) is 5.69 Å². The number of carboxylic acid groups (broad SMARTS) is 1. The van der Waals surface area contributed by atoms with Crippen LogP contribution >= 0.6 is 0 Å². The van der Waals surface area contributed by atoms with E-state index in [1.165, 1.54) is 10.9 Å².